The fourth-order valence-corrected chi connectivity index (χ4v) is 3.98. The Labute approximate surface area is 141 Å². The molecule has 0 aliphatic carbocycles. The molecule has 1 heterocycles. The normalized spacial score (nSPS) is 14.8. The number of nitrogens with two attached hydrogens (primary N) is 1. The first-order chi connectivity index (χ1) is 11.4. The molecule has 3 rings (SSSR count). The van der Waals surface area contributed by atoms with E-state index < -0.39 is 16.1 Å². The van der Waals surface area contributed by atoms with Gasteiger partial charge in [-0.25, -0.2) is 0 Å². The molecule has 126 valence electrons. The number of rotatable bonds is 5. The van der Waals surface area contributed by atoms with Crippen molar-refractivity contribution in [1.82, 2.24) is 4.31 Å². The third-order valence-electron chi connectivity index (χ3n) is 4.01. The molecule has 0 fully saturated rings. The number of carbonyl (C=O) groups excluding carboxylic acids is 1. The maximum Gasteiger partial charge on any atom is 0.301 e. The Kier molecular flexibility index (Phi) is 4.55. The first-order valence-electron chi connectivity index (χ1n) is 7.66. The summed E-state index contributed by atoms with van der Waals surface area (Å²) < 4.78 is 29.2. The van der Waals surface area contributed by atoms with E-state index in [4.69, 9.17) is 5.73 Å². The predicted octanol–water partition coefficient (Wildman–Crippen LogP) is 1.43. The highest BCUT2D eigenvalue weighted by atomic mass is 32.2. The van der Waals surface area contributed by atoms with E-state index in [-0.39, 0.29) is 6.42 Å². The molecule has 0 saturated carbocycles. The van der Waals surface area contributed by atoms with Gasteiger partial charge in [-0.3, -0.25) is 9.52 Å². The van der Waals surface area contributed by atoms with E-state index in [1.54, 1.807) is 24.3 Å². The standard InChI is InChI=1S/C17H19N3O3S/c18-17(21)11-13-5-7-16(8-6-13)19-24(22,23)20-10-9-14-3-1-2-4-15(14)12-20/h1-8,19H,9-12H2,(H2,18,21). The SMILES string of the molecule is NC(=O)Cc1ccc(NS(=O)(=O)N2CCc3ccccc3C2)cc1. The number of benzene rings is 2. The summed E-state index contributed by atoms with van der Waals surface area (Å²) in [4.78, 5) is 10.9. The molecular formula is C17H19N3O3S. The molecule has 1 amide bonds. The van der Waals surface area contributed by atoms with Gasteiger partial charge in [-0.2, -0.15) is 12.7 Å². The highest BCUT2D eigenvalue weighted by Crippen LogP contribution is 2.22. The van der Waals surface area contributed by atoms with E-state index in [2.05, 4.69) is 4.72 Å². The third kappa shape index (κ3) is 3.74. The summed E-state index contributed by atoms with van der Waals surface area (Å²) in [5.41, 5.74) is 8.58. The van der Waals surface area contributed by atoms with Gasteiger partial charge in [-0.15, -0.1) is 0 Å². The molecule has 2 aromatic carbocycles. The predicted molar refractivity (Wildman–Crippen MR) is 92.4 cm³/mol. The topological polar surface area (TPSA) is 92.5 Å². The van der Waals surface area contributed by atoms with Gasteiger partial charge in [0.2, 0.25) is 5.91 Å². The van der Waals surface area contributed by atoms with Crippen molar-refractivity contribution in [3.8, 4) is 0 Å². The van der Waals surface area contributed by atoms with Gasteiger partial charge in [0, 0.05) is 18.8 Å². The zero-order chi connectivity index (χ0) is 17.2. The molecule has 24 heavy (non-hydrogen) atoms. The fourth-order valence-electron chi connectivity index (χ4n) is 2.78. The van der Waals surface area contributed by atoms with Crippen LogP contribution in [-0.2, 0) is 34.4 Å². The largest absolute Gasteiger partial charge is 0.369 e. The lowest BCUT2D eigenvalue weighted by Gasteiger charge is -2.28. The number of nitrogens with one attached hydrogen (secondary N) is 1. The van der Waals surface area contributed by atoms with Gasteiger partial charge in [0.25, 0.3) is 0 Å². The lowest BCUT2D eigenvalue weighted by molar-refractivity contribution is -0.117. The van der Waals surface area contributed by atoms with Gasteiger partial charge < -0.3 is 5.73 Å². The molecule has 0 saturated heterocycles. The van der Waals surface area contributed by atoms with Crippen LogP contribution in [-0.4, -0.2) is 25.2 Å². The lowest BCUT2D eigenvalue weighted by Crippen LogP contribution is -2.39. The Morgan fingerprint density at radius 2 is 1.75 bits per heavy atom. The second kappa shape index (κ2) is 6.62. The van der Waals surface area contributed by atoms with E-state index in [1.165, 1.54) is 9.87 Å². The van der Waals surface area contributed by atoms with Gasteiger partial charge in [0.1, 0.15) is 0 Å². The zero-order valence-corrected chi connectivity index (χ0v) is 13.9. The molecule has 3 N–H and O–H groups in total. The highest BCUT2D eigenvalue weighted by molar-refractivity contribution is 7.90. The molecule has 0 aromatic heterocycles. The zero-order valence-electron chi connectivity index (χ0n) is 13.1. The second-order valence-corrected chi connectivity index (χ2v) is 7.47. The maximum atomic E-state index is 12.6. The number of carbonyl (C=O) groups is 1. The molecule has 6 nitrogen and oxygen atoms in total. The number of amides is 1. The summed E-state index contributed by atoms with van der Waals surface area (Å²) in [5, 5.41) is 0. The quantitative estimate of drug-likeness (QED) is 0.858. The van der Waals surface area contributed by atoms with Crippen molar-refractivity contribution in [3.63, 3.8) is 0 Å². The molecular weight excluding hydrogens is 326 g/mol. The summed E-state index contributed by atoms with van der Waals surface area (Å²) in [6, 6.07) is 14.5. The van der Waals surface area contributed by atoms with Crippen LogP contribution >= 0.6 is 0 Å². The first kappa shape index (κ1) is 16.5. The molecule has 0 bridgehead atoms. The molecule has 0 spiro atoms. The van der Waals surface area contributed by atoms with Crippen LogP contribution in [0, 0.1) is 0 Å². The van der Waals surface area contributed by atoms with Gasteiger partial charge in [-0.1, -0.05) is 36.4 Å². The number of hydrogen-bond acceptors (Lipinski definition) is 3. The molecule has 0 atom stereocenters. The van der Waals surface area contributed by atoms with Crippen LogP contribution in [0.4, 0.5) is 5.69 Å². The minimum atomic E-state index is -3.62. The van der Waals surface area contributed by atoms with E-state index >= 15 is 0 Å². The first-order valence-corrected chi connectivity index (χ1v) is 9.10. The average molecular weight is 345 g/mol. The van der Waals surface area contributed by atoms with Crippen LogP contribution in [0.25, 0.3) is 0 Å². The van der Waals surface area contributed by atoms with Crippen molar-refractivity contribution in [3.05, 3.63) is 65.2 Å². The molecule has 0 radical (unpaired) electrons. The van der Waals surface area contributed by atoms with E-state index in [9.17, 15) is 13.2 Å². The molecule has 1 aliphatic heterocycles. The summed E-state index contributed by atoms with van der Waals surface area (Å²) in [7, 11) is -3.62. The van der Waals surface area contributed by atoms with Crippen molar-refractivity contribution in [2.75, 3.05) is 11.3 Å². The number of anilines is 1. The summed E-state index contributed by atoms with van der Waals surface area (Å²) in [6.07, 6.45) is 0.838. The Bertz CT molecular complexity index is 848. The van der Waals surface area contributed by atoms with Gasteiger partial charge in [0.05, 0.1) is 6.42 Å². The van der Waals surface area contributed by atoms with Crippen molar-refractivity contribution >= 4 is 21.8 Å². The smallest absolute Gasteiger partial charge is 0.301 e. The van der Waals surface area contributed by atoms with Crippen LogP contribution in [0.3, 0.4) is 0 Å². The van der Waals surface area contributed by atoms with Crippen LogP contribution < -0.4 is 10.5 Å². The second-order valence-electron chi connectivity index (χ2n) is 5.80. The Morgan fingerprint density at radius 3 is 2.42 bits per heavy atom. The minimum absolute atomic E-state index is 0.135. The lowest BCUT2D eigenvalue weighted by atomic mass is 10.0. The molecule has 0 unspecified atom stereocenters. The summed E-state index contributed by atoms with van der Waals surface area (Å²) >= 11 is 0. The molecule has 1 aliphatic rings. The third-order valence-corrected chi connectivity index (χ3v) is 5.50. The van der Waals surface area contributed by atoms with Gasteiger partial charge in [0.15, 0.2) is 0 Å². The summed E-state index contributed by atoms with van der Waals surface area (Å²) in [5.74, 6) is -0.421. The van der Waals surface area contributed by atoms with Crippen molar-refractivity contribution < 1.29 is 13.2 Å². The molecule has 2 aromatic rings. The van der Waals surface area contributed by atoms with E-state index in [0.717, 1.165) is 11.1 Å². The Morgan fingerprint density at radius 1 is 1.08 bits per heavy atom. The molecule has 7 heteroatoms. The van der Waals surface area contributed by atoms with Gasteiger partial charge in [-0.05, 0) is 35.2 Å². The monoisotopic (exact) mass is 345 g/mol. The van der Waals surface area contributed by atoms with Gasteiger partial charge >= 0.3 is 10.2 Å². The fraction of sp³-hybridized carbons (Fsp3) is 0.235. The minimum Gasteiger partial charge on any atom is -0.369 e. The van der Waals surface area contributed by atoms with Crippen molar-refractivity contribution in [1.29, 1.82) is 0 Å². The Balaban J connectivity index is 1.71. The van der Waals surface area contributed by atoms with E-state index in [1.807, 2.05) is 24.3 Å². The maximum absolute atomic E-state index is 12.6. The van der Waals surface area contributed by atoms with Crippen molar-refractivity contribution in [2.24, 2.45) is 5.73 Å². The number of fused-ring (bicyclic) bond motifs is 1. The van der Waals surface area contributed by atoms with Crippen LogP contribution in [0.1, 0.15) is 16.7 Å². The summed E-state index contributed by atoms with van der Waals surface area (Å²) in [6.45, 7) is 0.817. The van der Waals surface area contributed by atoms with Crippen molar-refractivity contribution in [2.45, 2.75) is 19.4 Å². The van der Waals surface area contributed by atoms with Crippen LogP contribution in [0.5, 0.6) is 0 Å². The number of primary amides is 1. The van der Waals surface area contributed by atoms with E-state index in [0.29, 0.717) is 25.2 Å². The average Bonchev–Trinajstić information content (AvgIpc) is 2.55. The van der Waals surface area contributed by atoms with Crippen LogP contribution in [0.15, 0.2) is 48.5 Å². The van der Waals surface area contributed by atoms with Crippen LogP contribution in [0.2, 0.25) is 0 Å². The highest BCUT2D eigenvalue weighted by Gasteiger charge is 2.26. The number of hydrogen-bond donors (Lipinski definition) is 2. The number of nitrogens with zero attached hydrogens (tertiary/aromatic N) is 1. The Hall–Kier alpha value is -2.38.